The summed E-state index contributed by atoms with van der Waals surface area (Å²) in [5, 5.41) is 0. The summed E-state index contributed by atoms with van der Waals surface area (Å²) < 4.78 is 30.4. The lowest BCUT2D eigenvalue weighted by atomic mass is 9.72. The Kier molecular flexibility index (Phi) is 3.10. The van der Waals surface area contributed by atoms with Gasteiger partial charge in [0.25, 0.3) is 0 Å². The van der Waals surface area contributed by atoms with E-state index in [1.807, 2.05) is 0 Å². The van der Waals surface area contributed by atoms with Gasteiger partial charge in [0.05, 0.1) is 7.11 Å². The van der Waals surface area contributed by atoms with Crippen LogP contribution in [0.15, 0.2) is 11.1 Å². The van der Waals surface area contributed by atoms with Crippen LogP contribution in [-0.2, 0) is 10.3 Å². The van der Waals surface area contributed by atoms with Crippen molar-refractivity contribution < 1.29 is 23.4 Å². The van der Waals surface area contributed by atoms with Crippen LogP contribution in [0.4, 0.5) is 4.39 Å². The minimum absolute atomic E-state index is 0.0569. The second kappa shape index (κ2) is 4.80. The number of rotatable bonds is 3. The molecular weight excluding hydrogens is 265 g/mol. The molecule has 0 atom stereocenters. The number of nitrogens with zero attached hydrogens (tertiary/aromatic N) is 1. The van der Waals surface area contributed by atoms with E-state index in [1.54, 1.807) is 12.1 Å². The standard InChI is InChI=1S/C14H14FNO4/c1-18-12-9(14(16-8-17)3-2-4-14)7-10-13(11(12)15)20-6-5-19-10/h7H,2-6H2,1H3. The normalized spacial score (nSPS) is 18.7. The minimum atomic E-state index is -0.746. The number of hydrogen-bond donors (Lipinski definition) is 0. The predicted molar refractivity (Wildman–Crippen MR) is 67.6 cm³/mol. The summed E-state index contributed by atoms with van der Waals surface area (Å²) in [4.78, 5) is 14.6. The summed E-state index contributed by atoms with van der Waals surface area (Å²) in [5.41, 5.74) is -0.222. The quantitative estimate of drug-likeness (QED) is 0.629. The Morgan fingerprint density at radius 3 is 2.75 bits per heavy atom. The van der Waals surface area contributed by atoms with E-state index in [4.69, 9.17) is 14.2 Å². The van der Waals surface area contributed by atoms with Gasteiger partial charge in [0, 0.05) is 5.56 Å². The molecule has 1 fully saturated rings. The molecule has 3 rings (SSSR count). The lowest BCUT2D eigenvalue weighted by molar-refractivity contribution is 0.159. The van der Waals surface area contributed by atoms with Crippen molar-refractivity contribution in [3.8, 4) is 17.2 Å². The highest BCUT2D eigenvalue weighted by Crippen LogP contribution is 2.52. The average molecular weight is 279 g/mol. The molecule has 0 saturated heterocycles. The molecule has 1 saturated carbocycles. The molecule has 1 aliphatic heterocycles. The molecular formula is C14H14FNO4. The molecule has 106 valence electrons. The molecule has 1 aliphatic carbocycles. The number of carbonyl (C=O) groups excluding carboxylic acids is 1. The molecule has 20 heavy (non-hydrogen) atoms. The van der Waals surface area contributed by atoms with Crippen LogP contribution in [0.1, 0.15) is 24.8 Å². The minimum Gasteiger partial charge on any atom is -0.493 e. The monoisotopic (exact) mass is 279 g/mol. The third kappa shape index (κ3) is 1.76. The lowest BCUT2D eigenvalue weighted by Gasteiger charge is -2.38. The molecule has 1 heterocycles. The van der Waals surface area contributed by atoms with Crippen molar-refractivity contribution in [1.29, 1.82) is 0 Å². The Morgan fingerprint density at radius 2 is 2.15 bits per heavy atom. The zero-order valence-electron chi connectivity index (χ0n) is 11.1. The highest BCUT2D eigenvalue weighted by molar-refractivity contribution is 5.56. The van der Waals surface area contributed by atoms with Gasteiger partial charge in [-0.25, -0.2) is 4.79 Å². The van der Waals surface area contributed by atoms with Crippen molar-refractivity contribution in [3.63, 3.8) is 0 Å². The van der Waals surface area contributed by atoms with Gasteiger partial charge < -0.3 is 14.2 Å². The third-order valence-corrected chi connectivity index (χ3v) is 3.88. The largest absolute Gasteiger partial charge is 0.493 e. The van der Waals surface area contributed by atoms with Gasteiger partial charge >= 0.3 is 0 Å². The summed E-state index contributed by atoms with van der Waals surface area (Å²) in [6.45, 7) is 0.659. The second-order valence-electron chi connectivity index (χ2n) is 4.88. The smallest absolute Gasteiger partial charge is 0.235 e. The highest BCUT2D eigenvalue weighted by atomic mass is 19.1. The Bertz CT molecular complexity index is 591. The van der Waals surface area contributed by atoms with Gasteiger partial charge in [-0.1, -0.05) is 0 Å². The molecule has 0 spiro atoms. The fraction of sp³-hybridized carbons (Fsp3) is 0.500. The van der Waals surface area contributed by atoms with Crippen LogP contribution in [0.25, 0.3) is 0 Å². The van der Waals surface area contributed by atoms with Crippen LogP contribution in [0, 0.1) is 5.82 Å². The Balaban J connectivity index is 2.19. The molecule has 6 heteroatoms. The highest BCUT2D eigenvalue weighted by Gasteiger charge is 2.43. The first-order valence-corrected chi connectivity index (χ1v) is 6.47. The first-order valence-electron chi connectivity index (χ1n) is 6.47. The van der Waals surface area contributed by atoms with Crippen molar-refractivity contribution in [2.24, 2.45) is 4.99 Å². The van der Waals surface area contributed by atoms with Crippen LogP contribution >= 0.6 is 0 Å². The maximum atomic E-state index is 14.5. The second-order valence-corrected chi connectivity index (χ2v) is 4.88. The van der Waals surface area contributed by atoms with Crippen molar-refractivity contribution in [2.75, 3.05) is 20.3 Å². The van der Waals surface area contributed by atoms with E-state index in [0.29, 0.717) is 37.4 Å². The zero-order valence-corrected chi connectivity index (χ0v) is 11.1. The number of fused-ring (bicyclic) bond motifs is 1. The number of benzene rings is 1. The number of aliphatic imine (C=N–C) groups is 1. The Labute approximate surface area is 115 Å². The van der Waals surface area contributed by atoms with E-state index in [0.717, 1.165) is 6.42 Å². The summed E-state index contributed by atoms with van der Waals surface area (Å²) in [6.07, 6.45) is 3.83. The molecule has 0 radical (unpaired) electrons. The van der Waals surface area contributed by atoms with Crippen molar-refractivity contribution in [2.45, 2.75) is 24.8 Å². The number of halogens is 1. The number of methoxy groups -OCH3 is 1. The molecule has 0 unspecified atom stereocenters. The van der Waals surface area contributed by atoms with Gasteiger partial charge in [-0.15, -0.1) is 0 Å². The molecule has 0 N–H and O–H groups in total. The molecule has 0 bridgehead atoms. The molecule has 1 aromatic carbocycles. The van der Waals surface area contributed by atoms with Gasteiger partial charge in [0.15, 0.2) is 11.5 Å². The molecule has 0 aromatic heterocycles. The van der Waals surface area contributed by atoms with Gasteiger partial charge in [-0.05, 0) is 25.3 Å². The van der Waals surface area contributed by atoms with Crippen LogP contribution in [-0.4, -0.2) is 26.4 Å². The van der Waals surface area contributed by atoms with Crippen molar-refractivity contribution in [3.05, 3.63) is 17.4 Å². The van der Waals surface area contributed by atoms with E-state index in [9.17, 15) is 9.18 Å². The first-order chi connectivity index (χ1) is 9.72. The number of isocyanates is 1. The fourth-order valence-corrected chi connectivity index (χ4v) is 2.71. The topological polar surface area (TPSA) is 57.1 Å². The van der Waals surface area contributed by atoms with E-state index < -0.39 is 11.4 Å². The predicted octanol–water partition coefficient (Wildman–Crippen LogP) is 2.32. The third-order valence-electron chi connectivity index (χ3n) is 3.88. The maximum Gasteiger partial charge on any atom is 0.235 e. The van der Waals surface area contributed by atoms with Gasteiger partial charge in [0.2, 0.25) is 17.6 Å². The fourth-order valence-electron chi connectivity index (χ4n) is 2.71. The van der Waals surface area contributed by atoms with Gasteiger partial charge in [0.1, 0.15) is 18.8 Å². The summed E-state index contributed by atoms with van der Waals surface area (Å²) in [5.74, 6) is -0.154. The maximum absolute atomic E-state index is 14.5. The first kappa shape index (κ1) is 12.9. The average Bonchev–Trinajstić information content (AvgIpc) is 2.43. The molecule has 1 aromatic rings. The van der Waals surface area contributed by atoms with Crippen LogP contribution in [0.5, 0.6) is 17.2 Å². The lowest BCUT2D eigenvalue weighted by Crippen LogP contribution is -2.33. The summed E-state index contributed by atoms with van der Waals surface area (Å²) in [6, 6.07) is 1.66. The van der Waals surface area contributed by atoms with Crippen LogP contribution in [0.3, 0.4) is 0 Å². The SMILES string of the molecule is COc1c(C2(N=C=O)CCC2)cc2c(c1F)OCCO2. The van der Waals surface area contributed by atoms with E-state index in [2.05, 4.69) is 4.99 Å². The van der Waals surface area contributed by atoms with Crippen molar-refractivity contribution >= 4 is 6.08 Å². The number of ether oxygens (including phenoxy) is 3. The summed E-state index contributed by atoms with van der Waals surface area (Å²) >= 11 is 0. The Hall–Kier alpha value is -2.07. The van der Waals surface area contributed by atoms with Gasteiger partial charge in [-0.3, -0.25) is 0 Å². The van der Waals surface area contributed by atoms with Crippen molar-refractivity contribution in [1.82, 2.24) is 0 Å². The molecule has 2 aliphatic rings. The Morgan fingerprint density at radius 1 is 1.40 bits per heavy atom. The summed E-state index contributed by atoms with van der Waals surface area (Å²) in [7, 11) is 1.38. The zero-order chi connectivity index (χ0) is 14.2. The van der Waals surface area contributed by atoms with Crippen LogP contribution < -0.4 is 14.2 Å². The van der Waals surface area contributed by atoms with E-state index in [1.165, 1.54) is 7.11 Å². The van der Waals surface area contributed by atoms with Gasteiger partial charge in [-0.2, -0.15) is 9.38 Å². The van der Waals surface area contributed by atoms with E-state index >= 15 is 0 Å². The van der Waals surface area contributed by atoms with E-state index in [-0.39, 0.29) is 11.5 Å². The van der Waals surface area contributed by atoms with Crippen LogP contribution in [0.2, 0.25) is 0 Å². The molecule has 5 nitrogen and oxygen atoms in total. The number of hydrogen-bond acceptors (Lipinski definition) is 5. The molecule has 0 amide bonds.